The van der Waals surface area contributed by atoms with E-state index in [0.29, 0.717) is 42.6 Å². The van der Waals surface area contributed by atoms with Gasteiger partial charge in [-0.2, -0.15) is 13.2 Å². The summed E-state index contributed by atoms with van der Waals surface area (Å²) in [7, 11) is 0. The fourth-order valence-corrected chi connectivity index (χ4v) is 3.20. The molecule has 0 amide bonds. The summed E-state index contributed by atoms with van der Waals surface area (Å²) in [5.74, 6) is 0. The van der Waals surface area contributed by atoms with Crippen LogP contribution >= 0.6 is 12.2 Å². The molecule has 2 N–H and O–H groups in total. The molecule has 1 saturated heterocycles. The summed E-state index contributed by atoms with van der Waals surface area (Å²) in [6.07, 6.45) is -1.42. The molecular weight excluding hydrogens is 325 g/mol. The largest absolute Gasteiger partial charge is 0.416 e. The highest BCUT2D eigenvalue weighted by Gasteiger charge is 2.37. The molecule has 1 aromatic rings. The lowest BCUT2D eigenvalue weighted by molar-refractivity contribution is -0.137. The lowest BCUT2D eigenvalue weighted by atomic mass is 9.84. The standard InChI is InChI=1S/C16H19F3N2OS/c17-16(18,19)12-3-1-2-11(10-12)15(22)6-8-21(9-7-15)14(23)20-13-4-5-13/h1-3,10,13,22H,4-9H2,(H,20,23). The van der Waals surface area contributed by atoms with Crippen molar-refractivity contribution in [1.29, 1.82) is 0 Å². The van der Waals surface area contributed by atoms with Gasteiger partial charge in [-0.1, -0.05) is 12.1 Å². The molecule has 7 heteroatoms. The third kappa shape index (κ3) is 3.77. The molecule has 0 radical (unpaired) electrons. The van der Waals surface area contributed by atoms with Crippen molar-refractivity contribution in [3.05, 3.63) is 35.4 Å². The Morgan fingerprint density at radius 1 is 1.26 bits per heavy atom. The molecule has 0 bridgehead atoms. The molecule has 0 spiro atoms. The lowest BCUT2D eigenvalue weighted by Gasteiger charge is -2.39. The fraction of sp³-hybridized carbons (Fsp3) is 0.562. The molecule has 2 aliphatic rings. The van der Waals surface area contributed by atoms with E-state index in [2.05, 4.69) is 5.32 Å². The minimum absolute atomic E-state index is 0.327. The topological polar surface area (TPSA) is 35.5 Å². The van der Waals surface area contributed by atoms with Gasteiger partial charge in [-0.15, -0.1) is 0 Å². The zero-order chi connectivity index (χ0) is 16.7. The van der Waals surface area contributed by atoms with Gasteiger partial charge in [-0.05, 0) is 55.6 Å². The third-order valence-corrected chi connectivity index (χ3v) is 4.89. The Hall–Kier alpha value is -1.34. The first-order chi connectivity index (χ1) is 10.8. The van der Waals surface area contributed by atoms with Crippen molar-refractivity contribution < 1.29 is 18.3 Å². The van der Waals surface area contributed by atoms with Gasteiger partial charge in [0.05, 0.1) is 11.2 Å². The van der Waals surface area contributed by atoms with Crippen LogP contribution in [-0.2, 0) is 11.8 Å². The van der Waals surface area contributed by atoms with E-state index in [9.17, 15) is 18.3 Å². The molecule has 3 nitrogen and oxygen atoms in total. The van der Waals surface area contributed by atoms with Crippen molar-refractivity contribution in [2.45, 2.75) is 43.5 Å². The number of alkyl halides is 3. The summed E-state index contributed by atoms with van der Waals surface area (Å²) < 4.78 is 38.5. The highest BCUT2D eigenvalue weighted by Crippen LogP contribution is 2.36. The molecule has 1 heterocycles. The van der Waals surface area contributed by atoms with Gasteiger partial charge in [0, 0.05) is 19.1 Å². The first-order valence-corrected chi connectivity index (χ1v) is 8.14. The number of hydrogen-bond donors (Lipinski definition) is 2. The van der Waals surface area contributed by atoms with Crippen LogP contribution in [0.2, 0.25) is 0 Å². The molecule has 23 heavy (non-hydrogen) atoms. The molecular formula is C16H19F3N2OS. The van der Waals surface area contributed by atoms with Crippen LogP contribution in [0.1, 0.15) is 36.8 Å². The predicted octanol–water partition coefficient (Wildman–Crippen LogP) is 3.03. The highest BCUT2D eigenvalue weighted by atomic mass is 32.1. The fourth-order valence-electron chi connectivity index (χ4n) is 2.85. The molecule has 1 aromatic carbocycles. The maximum Gasteiger partial charge on any atom is 0.416 e. The van der Waals surface area contributed by atoms with Crippen molar-refractivity contribution in [1.82, 2.24) is 10.2 Å². The number of hydrogen-bond acceptors (Lipinski definition) is 2. The summed E-state index contributed by atoms with van der Waals surface area (Å²) in [4.78, 5) is 1.98. The number of likely N-dealkylation sites (tertiary alicyclic amines) is 1. The number of halogens is 3. The Kier molecular flexibility index (Phi) is 4.27. The SMILES string of the molecule is OC1(c2cccc(C(F)(F)F)c2)CCN(C(=S)NC2CC2)CC1. The van der Waals surface area contributed by atoms with Gasteiger partial charge in [0.15, 0.2) is 5.11 Å². The molecule has 0 atom stereocenters. The van der Waals surface area contributed by atoms with Crippen LogP contribution in [0.5, 0.6) is 0 Å². The molecule has 126 valence electrons. The number of nitrogens with one attached hydrogen (secondary N) is 1. The third-order valence-electron chi connectivity index (χ3n) is 4.51. The molecule has 1 saturated carbocycles. The van der Waals surface area contributed by atoms with E-state index >= 15 is 0 Å². The van der Waals surface area contributed by atoms with Crippen LogP contribution in [0, 0.1) is 0 Å². The molecule has 0 aromatic heterocycles. The van der Waals surface area contributed by atoms with E-state index in [-0.39, 0.29) is 0 Å². The minimum Gasteiger partial charge on any atom is -0.385 e. The number of nitrogens with zero attached hydrogens (tertiary/aromatic N) is 1. The Balaban J connectivity index is 1.68. The van der Waals surface area contributed by atoms with Crippen molar-refractivity contribution in [2.24, 2.45) is 0 Å². The van der Waals surface area contributed by atoms with Crippen LogP contribution < -0.4 is 5.32 Å². The maximum absolute atomic E-state index is 12.8. The van der Waals surface area contributed by atoms with Gasteiger partial charge in [0.2, 0.25) is 0 Å². The van der Waals surface area contributed by atoms with Crippen LogP contribution in [0.15, 0.2) is 24.3 Å². The number of piperidine rings is 1. The quantitative estimate of drug-likeness (QED) is 0.809. The summed E-state index contributed by atoms with van der Waals surface area (Å²) in [6, 6.07) is 5.45. The van der Waals surface area contributed by atoms with Gasteiger partial charge in [0.25, 0.3) is 0 Å². The van der Waals surface area contributed by atoms with E-state index in [1.54, 1.807) is 6.07 Å². The van der Waals surface area contributed by atoms with Gasteiger partial charge in [-0.3, -0.25) is 0 Å². The first kappa shape index (κ1) is 16.5. The Morgan fingerprint density at radius 2 is 1.91 bits per heavy atom. The van der Waals surface area contributed by atoms with Gasteiger partial charge in [0.1, 0.15) is 0 Å². The van der Waals surface area contributed by atoms with Crippen molar-refractivity contribution in [3.63, 3.8) is 0 Å². The molecule has 3 rings (SSSR count). The average Bonchev–Trinajstić information content (AvgIpc) is 3.31. The van der Waals surface area contributed by atoms with Crippen molar-refractivity contribution in [2.75, 3.05) is 13.1 Å². The van der Waals surface area contributed by atoms with Gasteiger partial charge >= 0.3 is 6.18 Å². The molecule has 0 unspecified atom stereocenters. The van der Waals surface area contributed by atoms with E-state index < -0.39 is 17.3 Å². The average molecular weight is 344 g/mol. The van der Waals surface area contributed by atoms with Crippen molar-refractivity contribution in [3.8, 4) is 0 Å². The number of rotatable bonds is 2. The summed E-state index contributed by atoms with van der Waals surface area (Å²) in [5.41, 5.74) is -1.63. The second-order valence-electron chi connectivity index (χ2n) is 6.32. The summed E-state index contributed by atoms with van der Waals surface area (Å²) in [5, 5.41) is 14.7. The zero-order valence-electron chi connectivity index (χ0n) is 12.6. The van der Waals surface area contributed by atoms with E-state index in [4.69, 9.17) is 12.2 Å². The Bertz CT molecular complexity index is 593. The summed E-state index contributed by atoms with van der Waals surface area (Å²) >= 11 is 5.34. The van der Waals surface area contributed by atoms with E-state index in [1.807, 2.05) is 4.90 Å². The number of benzene rings is 1. The predicted molar refractivity (Wildman–Crippen MR) is 84.9 cm³/mol. The van der Waals surface area contributed by atoms with Gasteiger partial charge < -0.3 is 15.3 Å². The number of thiocarbonyl (C=S) groups is 1. The van der Waals surface area contributed by atoms with Gasteiger partial charge in [-0.25, -0.2) is 0 Å². The smallest absolute Gasteiger partial charge is 0.385 e. The Labute approximate surface area is 138 Å². The van der Waals surface area contributed by atoms with Crippen LogP contribution in [-0.4, -0.2) is 34.3 Å². The first-order valence-electron chi connectivity index (χ1n) is 7.73. The molecule has 1 aliphatic heterocycles. The lowest BCUT2D eigenvalue weighted by Crippen LogP contribution is -2.49. The highest BCUT2D eigenvalue weighted by molar-refractivity contribution is 7.80. The van der Waals surface area contributed by atoms with Crippen LogP contribution in [0.4, 0.5) is 13.2 Å². The minimum atomic E-state index is -4.40. The maximum atomic E-state index is 12.8. The zero-order valence-corrected chi connectivity index (χ0v) is 13.4. The monoisotopic (exact) mass is 344 g/mol. The molecule has 1 aliphatic carbocycles. The van der Waals surface area contributed by atoms with E-state index in [0.717, 1.165) is 25.0 Å². The second-order valence-corrected chi connectivity index (χ2v) is 6.71. The molecule has 2 fully saturated rings. The summed E-state index contributed by atoms with van der Waals surface area (Å²) in [6.45, 7) is 1.07. The number of aliphatic hydroxyl groups is 1. The van der Waals surface area contributed by atoms with Crippen molar-refractivity contribution >= 4 is 17.3 Å². The van der Waals surface area contributed by atoms with Crippen LogP contribution in [0.3, 0.4) is 0 Å². The Morgan fingerprint density at radius 3 is 2.48 bits per heavy atom. The van der Waals surface area contributed by atoms with Crippen LogP contribution in [0.25, 0.3) is 0 Å². The van der Waals surface area contributed by atoms with E-state index in [1.165, 1.54) is 6.07 Å². The second kappa shape index (κ2) is 5.94. The normalized spacial score (nSPS) is 21.1.